The van der Waals surface area contributed by atoms with Crippen LogP contribution in [0.15, 0.2) is 42.5 Å². The van der Waals surface area contributed by atoms with E-state index in [1.807, 2.05) is 48.1 Å². The first-order valence-corrected chi connectivity index (χ1v) is 12.4. The van der Waals surface area contributed by atoms with E-state index in [1.54, 1.807) is 12.0 Å². The molecule has 0 N–H and O–H groups in total. The van der Waals surface area contributed by atoms with Crippen LogP contribution in [-0.4, -0.2) is 59.6 Å². The van der Waals surface area contributed by atoms with Crippen LogP contribution in [-0.2, 0) is 23.2 Å². The van der Waals surface area contributed by atoms with Crippen molar-refractivity contribution in [1.82, 2.24) is 14.7 Å². The molecule has 3 aromatic rings. The first-order valence-electron chi connectivity index (χ1n) is 12.4. The van der Waals surface area contributed by atoms with Gasteiger partial charge in [-0.1, -0.05) is 18.2 Å². The standard InChI is InChI=1S/C27H31N5O4/c1-29-25-22(4-3-5-23(25)30-14-10-19(11-15-30)13-17-33)26(28-29)31-16-12-24(34)32(27(31)35)18-20-6-8-21(36-2)9-7-20/h3-9,17,19H,10-16,18H2,1-2H3. The number of carbonyl (C=O) groups excluding carboxylic acids is 3. The lowest BCUT2D eigenvalue weighted by atomic mass is 9.94. The maximum Gasteiger partial charge on any atom is 0.332 e. The van der Waals surface area contributed by atoms with Gasteiger partial charge in [0.15, 0.2) is 5.82 Å². The molecule has 0 radical (unpaired) electrons. The number of urea groups is 1. The first kappa shape index (κ1) is 23.8. The number of imide groups is 1. The number of rotatable bonds is 7. The molecule has 2 aliphatic heterocycles. The molecule has 3 amide bonds. The lowest BCUT2D eigenvalue weighted by Crippen LogP contribution is -2.52. The Labute approximate surface area is 210 Å². The number of amides is 3. The molecule has 0 unspecified atom stereocenters. The molecule has 1 aromatic heterocycles. The van der Waals surface area contributed by atoms with Crippen molar-refractivity contribution < 1.29 is 19.1 Å². The molecular formula is C27H31N5O4. The zero-order valence-electron chi connectivity index (χ0n) is 20.7. The quantitative estimate of drug-likeness (QED) is 0.470. The molecule has 188 valence electrons. The Kier molecular flexibility index (Phi) is 6.63. The SMILES string of the molecule is COc1ccc(CN2C(=O)CCN(c3nn(C)c4c(N5CCC(CC=O)CC5)cccc34)C2=O)cc1. The Morgan fingerprint density at radius 2 is 1.81 bits per heavy atom. The number of carbonyl (C=O) groups is 3. The molecule has 3 heterocycles. The molecule has 0 saturated carbocycles. The third kappa shape index (κ3) is 4.41. The molecule has 5 rings (SSSR count). The van der Waals surface area contributed by atoms with Gasteiger partial charge in [0.05, 0.1) is 24.9 Å². The normalized spacial score (nSPS) is 17.2. The highest BCUT2D eigenvalue weighted by Gasteiger charge is 2.35. The summed E-state index contributed by atoms with van der Waals surface area (Å²) in [6.45, 7) is 2.25. The summed E-state index contributed by atoms with van der Waals surface area (Å²) in [6, 6.07) is 13.1. The van der Waals surface area contributed by atoms with Crippen LogP contribution in [0.5, 0.6) is 5.75 Å². The largest absolute Gasteiger partial charge is 0.497 e. The van der Waals surface area contributed by atoms with Crippen molar-refractivity contribution in [1.29, 1.82) is 0 Å². The molecule has 36 heavy (non-hydrogen) atoms. The second kappa shape index (κ2) is 10.0. The molecule has 2 fully saturated rings. The molecule has 2 saturated heterocycles. The summed E-state index contributed by atoms with van der Waals surface area (Å²) in [4.78, 5) is 42.4. The smallest absolute Gasteiger partial charge is 0.332 e. The lowest BCUT2D eigenvalue weighted by Gasteiger charge is -2.34. The number of methoxy groups -OCH3 is 1. The number of para-hydroxylation sites is 1. The van der Waals surface area contributed by atoms with Gasteiger partial charge in [-0.15, -0.1) is 0 Å². The number of benzene rings is 2. The fourth-order valence-electron chi connectivity index (χ4n) is 5.25. The average Bonchev–Trinajstić information content (AvgIpc) is 3.24. The van der Waals surface area contributed by atoms with Crippen molar-refractivity contribution in [2.75, 3.05) is 36.5 Å². The molecule has 9 nitrogen and oxygen atoms in total. The van der Waals surface area contributed by atoms with E-state index in [1.165, 1.54) is 4.90 Å². The van der Waals surface area contributed by atoms with Crippen LogP contribution in [0.1, 0.15) is 31.2 Å². The van der Waals surface area contributed by atoms with Crippen molar-refractivity contribution in [3.8, 4) is 5.75 Å². The Morgan fingerprint density at radius 3 is 2.50 bits per heavy atom. The number of nitrogens with zero attached hydrogens (tertiary/aromatic N) is 5. The van der Waals surface area contributed by atoms with E-state index in [4.69, 9.17) is 9.84 Å². The molecule has 0 bridgehead atoms. The van der Waals surface area contributed by atoms with Crippen molar-refractivity contribution in [2.45, 2.75) is 32.2 Å². The number of anilines is 2. The van der Waals surface area contributed by atoms with Crippen LogP contribution < -0.4 is 14.5 Å². The molecule has 2 aliphatic rings. The number of piperidine rings is 1. The number of hydrogen-bond donors (Lipinski definition) is 0. The third-order valence-corrected chi connectivity index (χ3v) is 7.28. The zero-order chi connectivity index (χ0) is 25.2. The Morgan fingerprint density at radius 1 is 1.06 bits per heavy atom. The van der Waals surface area contributed by atoms with Crippen molar-refractivity contribution >= 4 is 40.6 Å². The van der Waals surface area contributed by atoms with E-state index >= 15 is 0 Å². The van der Waals surface area contributed by atoms with E-state index in [0.29, 0.717) is 24.7 Å². The minimum atomic E-state index is -0.359. The monoisotopic (exact) mass is 489 g/mol. The van der Waals surface area contributed by atoms with Gasteiger partial charge in [-0.3, -0.25) is 19.3 Å². The van der Waals surface area contributed by atoms with Gasteiger partial charge in [-0.25, -0.2) is 4.79 Å². The van der Waals surface area contributed by atoms with E-state index in [-0.39, 0.29) is 24.9 Å². The fourth-order valence-corrected chi connectivity index (χ4v) is 5.25. The maximum atomic E-state index is 13.5. The van der Waals surface area contributed by atoms with E-state index < -0.39 is 0 Å². The van der Waals surface area contributed by atoms with Crippen LogP contribution in [0.2, 0.25) is 0 Å². The average molecular weight is 490 g/mol. The molecular weight excluding hydrogens is 458 g/mol. The molecule has 0 atom stereocenters. The lowest BCUT2D eigenvalue weighted by molar-refractivity contribution is -0.129. The van der Waals surface area contributed by atoms with E-state index in [9.17, 15) is 14.4 Å². The predicted molar refractivity (Wildman–Crippen MR) is 137 cm³/mol. The van der Waals surface area contributed by atoms with Crippen LogP contribution in [0.25, 0.3) is 10.9 Å². The van der Waals surface area contributed by atoms with Gasteiger partial charge in [0.25, 0.3) is 0 Å². The van der Waals surface area contributed by atoms with Crippen molar-refractivity contribution in [2.24, 2.45) is 13.0 Å². The number of aromatic nitrogens is 2. The van der Waals surface area contributed by atoms with E-state index in [0.717, 1.165) is 60.1 Å². The van der Waals surface area contributed by atoms with Crippen LogP contribution >= 0.6 is 0 Å². The minimum Gasteiger partial charge on any atom is -0.497 e. The van der Waals surface area contributed by atoms with Crippen LogP contribution in [0.3, 0.4) is 0 Å². The molecule has 9 heteroatoms. The first-order chi connectivity index (χ1) is 17.5. The summed E-state index contributed by atoms with van der Waals surface area (Å²) in [7, 11) is 3.49. The number of hydrogen-bond acceptors (Lipinski definition) is 6. The number of aryl methyl sites for hydroxylation is 1. The van der Waals surface area contributed by atoms with Crippen molar-refractivity contribution in [3.05, 3.63) is 48.0 Å². The fraction of sp³-hybridized carbons (Fsp3) is 0.407. The minimum absolute atomic E-state index is 0.189. The Hall–Kier alpha value is -3.88. The highest BCUT2D eigenvalue weighted by atomic mass is 16.5. The van der Waals surface area contributed by atoms with Gasteiger partial charge >= 0.3 is 6.03 Å². The number of fused-ring (bicyclic) bond motifs is 1. The van der Waals surface area contributed by atoms with Gasteiger partial charge in [0, 0.05) is 44.9 Å². The molecule has 0 aliphatic carbocycles. The molecule has 0 spiro atoms. The summed E-state index contributed by atoms with van der Waals surface area (Å²) in [5, 5.41) is 5.63. The van der Waals surface area contributed by atoms with Gasteiger partial charge < -0.3 is 14.4 Å². The van der Waals surface area contributed by atoms with Crippen LogP contribution in [0, 0.1) is 5.92 Å². The topological polar surface area (TPSA) is 88.0 Å². The van der Waals surface area contributed by atoms with Crippen LogP contribution in [0.4, 0.5) is 16.3 Å². The summed E-state index contributed by atoms with van der Waals surface area (Å²) in [6.07, 6.45) is 3.84. The summed E-state index contributed by atoms with van der Waals surface area (Å²) in [5.74, 6) is 1.55. The van der Waals surface area contributed by atoms with Gasteiger partial charge in [0.1, 0.15) is 12.0 Å². The Balaban J connectivity index is 1.41. The summed E-state index contributed by atoms with van der Waals surface area (Å²) >= 11 is 0. The number of aldehydes is 1. The number of ether oxygens (including phenoxy) is 1. The second-order valence-electron chi connectivity index (χ2n) is 9.47. The maximum absolute atomic E-state index is 13.5. The Bertz CT molecular complexity index is 1280. The predicted octanol–water partition coefficient (Wildman–Crippen LogP) is 3.75. The summed E-state index contributed by atoms with van der Waals surface area (Å²) in [5.41, 5.74) is 2.90. The van der Waals surface area contributed by atoms with Gasteiger partial charge in [0.2, 0.25) is 5.91 Å². The van der Waals surface area contributed by atoms with E-state index in [2.05, 4.69) is 11.0 Å². The van der Waals surface area contributed by atoms with Gasteiger partial charge in [-0.2, -0.15) is 5.10 Å². The highest BCUT2D eigenvalue weighted by Crippen LogP contribution is 2.36. The second-order valence-corrected chi connectivity index (χ2v) is 9.47. The van der Waals surface area contributed by atoms with Gasteiger partial charge in [-0.05, 0) is 48.6 Å². The van der Waals surface area contributed by atoms with Crippen molar-refractivity contribution in [3.63, 3.8) is 0 Å². The zero-order valence-corrected chi connectivity index (χ0v) is 20.7. The third-order valence-electron chi connectivity index (χ3n) is 7.28. The highest BCUT2D eigenvalue weighted by molar-refractivity contribution is 6.10. The molecule has 2 aromatic carbocycles. The summed E-state index contributed by atoms with van der Waals surface area (Å²) < 4.78 is 7.03.